The number of nitrogens with one attached hydrogen (secondary N) is 1. The molecule has 7 nitrogen and oxygen atoms in total. The molecule has 1 aliphatic rings. The van der Waals surface area contributed by atoms with Crippen LogP contribution in [0.15, 0.2) is 36.5 Å². The van der Waals surface area contributed by atoms with Crippen molar-refractivity contribution in [3.05, 3.63) is 62.8 Å². The number of carbonyl (C=O) groups is 1. The van der Waals surface area contributed by atoms with Crippen LogP contribution in [-0.2, 0) is 0 Å². The summed E-state index contributed by atoms with van der Waals surface area (Å²) in [4.78, 5) is 27.3. The Morgan fingerprint density at radius 3 is 2.63 bits per heavy atom. The number of nitro groups is 1. The number of benzene rings is 1. The molecule has 1 aromatic carbocycles. The number of pyridine rings is 1. The number of ether oxygens (including phenoxy) is 1. The molecule has 0 spiro atoms. The van der Waals surface area contributed by atoms with Gasteiger partial charge in [-0.2, -0.15) is 0 Å². The highest BCUT2D eigenvalue weighted by Gasteiger charge is 2.27. The number of halogens is 1. The predicted molar refractivity (Wildman–Crippen MR) is 101 cm³/mol. The van der Waals surface area contributed by atoms with Gasteiger partial charge in [0.15, 0.2) is 0 Å². The highest BCUT2D eigenvalue weighted by atomic mass is 35.5. The fourth-order valence-electron chi connectivity index (χ4n) is 3.13. The highest BCUT2D eigenvalue weighted by molar-refractivity contribution is 6.31. The van der Waals surface area contributed by atoms with E-state index in [2.05, 4.69) is 10.3 Å². The predicted octanol–water partition coefficient (Wildman–Crippen LogP) is 4.07. The first kappa shape index (κ1) is 19.1. The number of carbonyl (C=O) groups excluding carboxylic acids is 1. The number of nitrogens with zero attached hydrogens (tertiary/aromatic N) is 2. The van der Waals surface area contributed by atoms with Crippen molar-refractivity contribution >= 4 is 23.2 Å². The van der Waals surface area contributed by atoms with Gasteiger partial charge in [0, 0.05) is 29.4 Å². The second-order valence-corrected chi connectivity index (χ2v) is 7.09. The normalized spacial score (nSPS) is 19.3. The average Bonchev–Trinajstić information content (AvgIpc) is 2.65. The van der Waals surface area contributed by atoms with Crippen molar-refractivity contribution in [1.29, 1.82) is 0 Å². The molecule has 142 valence electrons. The summed E-state index contributed by atoms with van der Waals surface area (Å²) in [6.45, 7) is 1.97. The molecule has 2 aromatic rings. The second-order valence-electron chi connectivity index (χ2n) is 6.66. The van der Waals surface area contributed by atoms with Gasteiger partial charge in [0.1, 0.15) is 11.7 Å². The van der Waals surface area contributed by atoms with Gasteiger partial charge < -0.3 is 10.1 Å². The number of amides is 1. The molecule has 1 saturated carbocycles. The zero-order chi connectivity index (χ0) is 19.4. The Morgan fingerprint density at radius 1 is 1.26 bits per heavy atom. The molecule has 0 bridgehead atoms. The fourth-order valence-corrected chi connectivity index (χ4v) is 3.30. The Labute approximate surface area is 161 Å². The van der Waals surface area contributed by atoms with Crippen LogP contribution in [0.3, 0.4) is 0 Å². The smallest absolute Gasteiger partial charge is 0.282 e. The average molecular weight is 390 g/mol. The Bertz CT molecular complexity index is 833. The van der Waals surface area contributed by atoms with E-state index in [1.165, 1.54) is 18.2 Å². The van der Waals surface area contributed by atoms with Crippen molar-refractivity contribution in [3.63, 3.8) is 0 Å². The van der Waals surface area contributed by atoms with Gasteiger partial charge in [-0.1, -0.05) is 17.7 Å². The first-order chi connectivity index (χ1) is 12.9. The molecule has 1 aromatic heterocycles. The quantitative estimate of drug-likeness (QED) is 0.614. The maximum Gasteiger partial charge on any atom is 0.282 e. The molecule has 3 rings (SSSR count). The summed E-state index contributed by atoms with van der Waals surface area (Å²) in [6, 6.07) is 7.72. The van der Waals surface area contributed by atoms with Crippen molar-refractivity contribution in [3.8, 4) is 5.88 Å². The summed E-state index contributed by atoms with van der Waals surface area (Å²) < 4.78 is 5.88. The Balaban J connectivity index is 1.56. The second kappa shape index (κ2) is 8.35. The summed E-state index contributed by atoms with van der Waals surface area (Å²) in [5.74, 6) is 0.122. The van der Waals surface area contributed by atoms with Crippen LogP contribution in [0, 0.1) is 17.0 Å². The van der Waals surface area contributed by atoms with E-state index in [1.807, 2.05) is 19.1 Å². The summed E-state index contributed by atoms with van der Waals surface area (Å²) in [6.07, 6.45) is 4.83. The largest absolute Gasteiger partial charge is 0.474 e. The molecule has 0 atom stereocenters. The Hall–Kier alpha value is -2.67. The van der Waals surface area contributed by atoms with Crippen molar-refractivity contribution in [1.82, 2.24) is 10.3 Å². The van der Waals surface area contributed by atoms with Gasteiger partial charge in [-0.15, -0.1) is 0 Å². The number of hydrogen-bond acceptors (Lipinski definition) is 5. The van der Waals surface area contributed by atoms with Gasteiger partial charge >= 0.3 is 0 Å². The molecule has 27 heavy (non-hydrogen) atoms. The minimum Gasteiger partial charge on any atom is -0.474 e. The van der Waals surface area contributed by atoms with Gasteiger partial charge in [-0.3, -0.25) is 14.9 Å². The van der Waals surface area contributed by atoms with Crippen LogP contribution in [0.25, 0.3) is 0 Å². The van der Waals surface area contributed by atoms with Crippen molar-refractivity contribution in [2.45, 2.75) is 44.8 Å². The van der Waals surface area contributed by atoms with E-state index < -0.39 is 10.8 Å². The fraction of sp³-hybridized carbons (Fsp3) is 0.368. The maximum atomic E-state index is 12.5. The first-order valence-electron chi connectivity index (χ1n) is 8.76. The number of nitro benzene ring substituents is 1. The lowest BCUT2D eigenvalue weighted by atomic mass is 9.92. The molecule has 0 unspecified atom stereocenters. The molecular formula is C19H20ClN3O4. The number of aryl methyl sites for hydroxylation is 1. The molecule has 0 saturated heterocycles. The van der Waals surface area contributed by atoms with Crippen LogP contribution < -0.4 is 10.1 Å². The summed E-state index contributed by atoms with van der Waals surface area (Å²) in [5, 5.41) is 14.3. The monoisotopic (exact) mass is 389 g/mol. The Morgan fingerprint density at radius 2 is 2.00 bits per heavy atom. The molecule has 0 radical (unpaired) electrons. The van der Waals surface area contributed by atoms with Crippen molar-refractivity contribution in [2.75, 3.05) is 0 Å². The van der Waals surface area contributed by atoms with Crippen LogP contribution in [0.4, 0.5) is 5.69 Å². The molecule has 1 N–H and O–H groups in total. The topological polar surface area (TPSA) is 94.4 Å². The minimum absolute atomic E-state index is 0.0188. The standard InChI is InChI=1S/C19H20ClN3O4/c1-12-2-9-18(21-11-12)27-15-6-4-14(5-7-15)22-19(24)16-10-13(20)3-8-17(16)23(25)26/h2-3,8-11,14-15H,4-7H2,1H3,(H,22,24). The van der Waals surface area contributed by atoms with Gasteiger partial charge in [0.2, 0.25) is 5.88 Å². The number of hydrogen-bond donors (Lipinski definition) is 1. The van der Waals surface area contributed by atoms with Gasteiger partial charge in [-0.25, -0.2) is 4.98 Å². The van der Waals surface area contributed by atoms with E-state index in [0.717, 1.165) is 31.2 Å². The first-order valence-corrected chi connectivity index (χ1v) is 9.14. The highest BCUT2D eigenvalue weighted by Crippen LogP contribution is 2.26. The Kier molecular flexibility index (Phi) is 5.91. The molecule has 1 aliphatic carbocycles. The van der Waals surface area contributed by atoms with Crippen LogP contribution in [0.1, 0.15) is 41.6 Å². The lowest BCUT2D eigenvalue weighted by molar-refractivity contribution is -0.385. The SMILES string of the molecule is Cc1ccc(OC2CCC(NC(=O)c3cc(Cl)ccc3[N+](=O)[O-])CC2)nc1. The molecule has 1 amide bonds. The van der Waals surface area contributed by atoms with Crippen LogP contribution >= 0.6 is 11.6 Å². The van der Waals surface area contributed by atoms with E-state index in [-0.39, 0.29) is 28.4 Å². The third-order valence-electron chi connectivity index (χ3n) is 4.58. The van der Waals surface area contributed by atoms with E-state index in [4.69, 9.17) is 16.3 Å². The van der Waals surface area contributed by atoms with E-state index in [1.54, 1.807) is 6.20 Å². The van der Waals surface area contributed by atoms with E-state index >= 15 is 0 Å². The number of rotatable bonds is 5. The van der Waals surface area contributed by atoms with Crippen molar-refractivity contribution < 1.29 is 14.5 Å². The van der Waals surface area contributed by atoms with Crippen molar-refractivity contribution in [2.24, 2.45) is 0 Å². The van der Waals surface area contributed by atoms with Crippen LogP contribution in [0.5, 0.6) is 5.88 Å². The molecule has 1 heterocycles. The summed E-state index contributed by atoms with van der Waals surface area (Å²) >= 11 is 5.89. The molecule has 1 fully saturated rings. The van der Waals surface area contributed by atoms with Crippen LogP contribution in [-0.4, -0.2) is 28.0 Å². The van der Waals surface area contributed by atoms with Gasteiger partial charge in [-0.05, 0) is 50.3 Å². The molecule has 8 heteroatoms. The zero-order valence-corrected chi connectivity index (χ0v) is 15.6. The third kappa shape index (κ3) is 4.95. The van der Waals surface area contributed by atoms with Gasteiger partial charge in [0.05, 0.1) is 4.92 Å². The zero-order valence-electron chi connectivity index (χ0n) is 14.9. The molecular weight excluding hydrogens is 370 g/mol. The summed E-state index contributed by atoms with van der Waals surface area (Å²) in [7, 11) is 0. The minimum atomic E-state index is -0.579. The summed E-state index contributed by atoms with van der Waals surface area (Å²) in [5.41, 5.74) is 0.804. The number of aromatic nitrogens is 1. The lowest BCUT2D eigenvalue weighted by Gasteiger charge is -2.29. The lowest BCUT2D eigenvalue weighted by Crippen LogP contribution is -2.40. The van der Waals surface area contributed by atoms with E-state index in [9.17, 15) is 14.9 Å². The van der Waals surface area contributed by atoms with E-state index in [0.29, 0.717) is 5.88 Å². The maximum absolute atomic E-state index is 12.5. The third-order valence-corrected chi connectivity index (χ3v) is 4.82. The van der Waals surface area contributed by atoms with Crippen LogP contribution in [0.2, 0.25) is 5.02 Å². The van der Waals surface area contributed by atoms with Gasteiger partial charge in [0.25, 0.3) is 11.6 Å². The molecule has 0 aliphatic heterocycles.